The first-order chi connectivity index (χ1) is 7.53. The summed E-state index contributed by atoms with van der Waals surface area (Å²) in [6.07, 6.45) is 3.44. The summed E-state index contributed by atoms with van der Waals surface area (Å²) in [5, 5.41) is 3.35. The first-order valence-electron chi connectivity index (χ1n) is 5.66. The predicted octanol–water partition coefficient (Wildman–Crippen LogP) is 3.52. The smallest absolute Gasteiger partial charge is 0.124 e. The van der Waals surface area contributed by atoms with E-state index in [-0.39, 0.29) is 5.82 Å². The van der Waals surface area contributed by atoms with Gasteiger partial charge in [-0.3, -0.25) is 0 Å². The van der Waals surface area contributed by atoms with Gasteiger partial charge in [-0.25, -0.2) is 4.39 Å². The van der Waals surface area contributed by atoms with Crippen LogP contribution in [0.15, 0.2) is 22.7 Å². The molecule has 3 heteroatoms. The molecule has 16 heavy (non-hydrogen) atoms. The van der Waals surface area contributed by atoms with Crippen molar-refractivity contribution in [3.8, 4) is 0 Å². The van der Waals surface area contributed by atoms with E-state index in [9.17, 15) is 4.39 Å². The molecule has 1 atom stereocenters. The number of hydrogen-bond acceptors (Lipinski definition) is 1. The summed E-state index contributed by atoms with van der Waals surface area (Å²) in [6, 6.07) is 5.57. The van der Waals surface area contributed by atoms with E-state index in [1.54, 1.807) is 6.07 Å². The van der Waals surface area contributed by atoms with Crippen LogP contribution >= 0.6 is 15.9 Å². The molecule has 0 radical (unpaired) electrons. The van der Waals surface area contributed by atoms with E-state index < -0.39 is 0 Å². The van der Waals surface area contributed by atoms with Gasteiger partial charge >= 0.3 is 0 Å². The molecule has 1 aliphatic carbocycles. The molecule has 1 fully saturated rings. The molecule has 1 unspecified atom stereocenters. The van der Waals surface area contributed by atoms with Crippen LogP contribution in [-0.4, -0.2) is 13.1 Å². The Labute approximate surface area is 105 Å². The van der Waals surface area contributed by atoms with Gasteiger partial charge in [-0.05, 0) is 55.5 Å². The quantitative estimate of drug-likeness (QED) is 0.893. The second-order valence-corrected chi connectivity index (χ2v) is 5.89. The minimum absolute atomic E-state index is 0.167. The molecule has 1 N–H and O–H groups in total. The van der Waals surface area contributed by atoms with Crippen LogP contribution in [0.2, 0.25) is 0 Å². The van der Waals surface area contributed by atoms with Crippen LogP contribution < -0.4 is 5.32 Å². The fraction of sp³-hybridized carbons (Fsp3) is 0.538. The Morgan fingerprint density at radius 2 is 2.12 bits per heavy atom. The second kappa shape index (κ2) is 4.46. The Bertz CT molecular complexity index is 367. The van der Waals surface area contributed by atoms with Crippen LogP contribution in [0.1, 0.15) is 25.3 Å². The lowest BCUT2D eigenvalue weighted by atomic mass is 9.92. The van der Waals surface area contributed by atoms with Gasteiger partial charge in [-0.1, -0.05) is 22.9 Å². The average molecular weight is 286 g/mol. The van der Waals surface area contributed by atoms with Crippen molar-refractivity contribution in [1.82, 2.24) is 5.32 Å². The van der Waals surface area contributed by atoms with Gasteiger partial charge in [0.25, 0.3) is 0 Å². The zero-order chi connectivity index (χ0) is 11.8. The Hall–Kier alpha value is -0.410. The first-order valence-corrected chi connectivity index (χ1v) is 6.45. The minimum atomic E-state index is -0.167. The normalized spacial score (nSPS) is 19.5. The van der Waals surface area contributed by atoms with E-state index in [1.807, 2.05) is 13.1 Å². The molecule has 0 saturated heterocycles. The number of benzene rings is 1. The molecule has 1 aliphatic rings. The van der Waals surface area contributed by atoms with E-state index in [0.29, 0.717) is 11.5 Å². The lowest BCUT2D eigenvalue weighted by molar-refractivity contribution is 0.376. The van der Waals surface area contributed by atoms with Crippen molar-refractivity contribution in [2.24, 2.45) is 5.41 Å². The van der Waals surface area contributed by atoms with Gasteiger partial charge in [0.1, 0.15) is 5.82 Å². The molecule has 1 nitrogen and oxygen atoms in total. The van der Waals surface area contributed by atoms with Crippen LogP contribution in [0.5, 0.6) is 0 Å². The molecule has 1 aromatic carbocycles. The monoisotopic (exact) mass is 285 g/mol. The van der Waals surface area contributed by atoms with E-state index in [4.69, 9.17) is 0 Å². The zero-order valence-electron chi connectivity index (χ0n) is 9.69. The van der Waals surface area contributed by atoms with Crippen LogP contribution in [0.4, 0.5) is 4.39 Å². The van der Waals surface area contributed by atoms with Crippen LogP contribution in [-0.2, 0) is 6.42 Å². The van der Waals surface area contributed by atoms with E-state index in [0.717, 1.165) is 16.5 Å². The molecule has 2 rings (SSSR count). The van der Waals surface area contributed by atoms with E-state index in [2.05, 4.69) is 28.2 Å². The third kappa shape index (κ3) is 2.64. The lowest BCUT2D eigenvalue weighted by Gasteiger charge is -2.23. The maximum Gasteiger partial charge on any atom is 0.124 e. The highest BCUT2D eigenvalue weighted by molar-refractivity contribution is 9.10. The summed E-state index contributed by atoms with van der Waals surface area (Å²) in [4.78, 5) is 0. The predicted molar refractivity (Wildman–Crippen MR) is 68.0 cm³/mol. The number of halogens is 2. The van der Waals surface area contributed by atoms with Crippen molar-refractivity contribution >= 4 is 15.9 Å². The Morgan fingerprint density at radius 3 is 2.62 bits per heavy atom. The number of likely N-dealkylation sites (N-methyl/N-ethyl adjacent to an activating group) is 1. The summed E-state index contributed by atoms with van der Waals surface area (Å²) in [5.74, 6) is -0.167. The molecule has 0 spiro atoms. The van der Waals surface area contributed by atoms with Gasteiger partial charge in [-0.15, -0.1) is 0 Å². The topological polar surface area (TPSA) is 12.0 Å². The summed E-state index contributed by atoms with van der Waals surface area (Å²) < 4.78 is 14.1. The minimum Gasteiger partial charge on any atom is -0.316 e. The fourth-order valence-corrected chi connectivity index (χ4v) is 2.72. The van der Waals surface area contributed by atoms with Crippen molar-refractivity contribution < 1.29 is 4.39 Å². The van der Waals surface area contributed by atoms with E-state index >= 15 is 0 Å². The average Bonchev–Trinajstić information content (AvgIpc) is 2.92. The summed E-state index contributed by atoms with van der Waals surface area (Å²) in [7, 11) is 1.99. The van der Waals surface area contributed by atoms with Crippen molar-refractivity contribution in [3.63, 3.8) is 0 Å². The lowest BCUT2D eigenvalue weighted by Crippen LogP contribution is -2.35. The van der Waals surface area contributed by atoms with Crippen LogP contribution in [0.3, 0.4) is 0 Å². The highest BCUT2D eigenvalue weighted by Crippen LogP contribution is 2.48. The molecule has 0 amide bonds. The standard InChI is InChI=1S/C13H17BrFN/c1-13(3-4-13)12(16-2)7-9-5-10(14)8-11(15)6-9/h5-6,8,12,16H,3-4,7H2,1-2H3. The van der Waals surface area contributed by atoms with Gasteiger partial charge in [0.05, 0.1) is 0 Å². The summed E-state index contributed by atoms with van der Waals surface area (Å²) in [5.41, 5.74) is 1.47. The van der Waals surface area contributed by atoms with Gasteiger partial charge in [-0.2, -0.15) is 0 Å². The van der Waals surface area contributed by atoms with Gasteiger partial charge in [0.2, 0.25) is 0 Å². The number of nitrogens with one attached hydrogen (secondary N) is 1. The number of rotatable bonds is 4. The zero-order valence-corrected chi connectivity index (χ0v) is 11.3. The molecule has 0 heterocycles. The molecular formula is C13H17BrFN. The third-order valence-electron chi connectivity index (χ3n) is 3.59. The molecular weight excluding hydrogens is 269 g/mol. The Morgan fingerprint density at radius 1 is 1.44 bits per heavy atom. The molecule has 88 valence electrons. The Kier molecular flexibility index (Phi) is 3.36. The SMILES string of the molecule is CNC(Cc1cc(F)cc(Br)c1)C1(C)CC1. The first kappa shape index (κ1) is 12.1. The Balaban J connectivity index is 2.12. The third-order valence-corrected chi connectivity index (χ3v) is 4.05. The van der Waals surface area contributed by atoms with Crippen LogP contribution in [0.25, 0.3) is 0 Å². The van der Waals surface area contributed by atoms with E-state index in [1.165, 1.54) is 18.9 Å². The molecule has 0 aromatic heterocycles. The van der Waals surface area contributed by atoms with Gasteiger partial charge in [0.15, 0.2) is 0 Å². The fourth-order valence-electron chi connectivity index (χ4n) is 2.21. The second-order valence-electron chi connectivity index (χ2n) is 4.98. The maximum absolute atomic E-state index is 13.2. The molecule has 1 aromatic rings. The molecule has 0 aliphatic heterocycles. The van der Waals surface area contributed by atoms with Crippen molar-refractivity contribution in [1.29, 1.82) is 0 Å². The van der Waals surface area contributed by atoms with Crippen molar-refractivity contribution in [2.75, 3.05) is 7.05 Å². The van der Waals surface area contributed by atoms with Gasteiger partial charge < -0.3 is 5.32 Å². The van der Waals surface area contributed by atoms with Crippen LogP contribution in [0, 0.1) is 11.2 Å². The molecule has 0 bridgehead atoms. The highest BCUT2D eigenvalue weighted by Gasteiger charge is 2.43. The largest absolute Gasteiger partial charge is 0.316 e. The highest BCUT2D eigenvalue weighted by atomic mass is 79.9. The van der Waals surface area contributed by atoms with Crippen molar-refractivity contribution in [2.45, 2.75) is 32.2 Å². The maximum atomic E-state index is 13.2. The number of hydrogen-bond donors (Lipinski definition) is 1. The molecule has 1 saturated carbocycles. The summed E-state index contributed by atoms with van der Waals surface area (Å²) in [6.45, 7) is 2.29. The van der Waals surface area contributed by atoms with Crippen molar-refractivity contribution in [3.05, 3.63) is 34.1 Å². The summed E-state index contributed by atoms with van der Waals surface area (Å²) >= 11 is 3.33. The van der Waals surface area contributed by atoms with Gasteiger partial charge in [0, 0.05) is 10.5 Å².